The van der Waals surface area contributed by atoms with Crippen LogP contribution < -0.4 is 0 Å². The number of hydrogen-bond acceptors (Lipinski definition) is 8. The van der Waals surface area contributed by atoms with Crippen molar-refractivity contribution >= 4 is 30.9 Å². The van der Waals surface area contributed by atoms with Crippen molar-refractivity contribution in [3.05, 3.63) is 11.3 Å². The molecule has 2 aliphatic rings. The first kappa shape index (κ1) is 37.6. The van der Waals surface area contributed by atoms with Gasteiger partial charge in [-0.25, -0.2) is 4.79 Å². The quantitative estimate of drug-likeness (QED) is 0.160. The van der Waals surface area contributed by atoms with Crippen LogP contribution in [0.15, 0.2) is 11.3 Å². The Bertz CT molecular complexity index is 941. The second kappa shape index (κ2) is 13.8. The number of aliphatic hydroxyl groups excluding tert-OH is 1. The fourth-order valence-electron chi connectivity index (χ4n) is 5.53. The number of esters is 1. The zero-order chi connectivity index (χ0) is 32.5. The van der Waals surface area contributed by atoms with E-state index in [1.807, 2.05) is 6.92 Å². The van der Waals surface area contributed by atoms with E-state index in [2.05, 4.69) is 88.5 Å². The molecule has 0 aromatic carbocycles. The van der Waals surface area contributed by atoms with Crippen LogP contribution in [0.5, 0.6) is 0 Å². The third-order valence-corrected chi connectivity index (χ3v) is 24.3. The second-order valence-corrected chi connectivity index (χ2v) is 29.4. The van der Waals surface area contributed by atoms with E-state index in [0.717, 1.165) is 18.1 Å². The molecule has 6 atom stereocenters. The molecule has 1 saturated heterocycles. The number of methoxy groups -OCH3 is 1. The minimum Gasteiger partial charge on any atom is -0.509 e. The summed E-state index contributed by atoms with van der Waals surface area (Å²) in [6.45, 7) is 31.2. The Morgan fingerprint density at radius 3 is 1.83 bits per heavy atom. The number of hydrogen-bond donors (Lipinski definition) is 1. The molecule has 1 fully saturated rings. The predicted octanol–water partition coefficient (Wildman–Crippen LogP) is 7.78. The molecule has 0 unspecified atom stereocenters. The summed E-state index contributed by atoms with van der Waals surface area (Å²) in [5.74, 6) is -1.62. The molecule has 1 aliphatic heterocycles. The monoisotopic (exact) mass is 646 g/mol. The number of fused-ring (bicyclic) bond motifs is 1. The highest BCUT2D eigenvalue weighted by molar-refractivity contribution is 6.74. The molecular weight excluding hydrogens is 585 g/mol. The van der Waals surface area contributed by atoms with Crippen LogP contribution in [0.25, 0.3) is 0 Å². The van der Waals surface area contributed by atoms with Gasteiger partial charge in [-0.15, -0.1) is 0 Å². The number of carbonyl (C=O) groups excluding carboxylic acids is 1. The van der Waals surface area contributed by atoms with Crippen molar-refractivity contribution in [1.82, 2.24) is 0 Å². The smallest absolute Gasteiger partial charge is 0.337 e. The Balaban J connectivity index is 2.76. The molecule has 42 heavy (non-hydrogen) atoms. The normalized spacial score (nSPS) is 27.8. The van der Waals surface area contributed by atoms with Crippen LogP contribution in [0.2, 0.25) is 54.4 Å². The molecular formula is C31H62O8Si3. The van der Waals surface area contributed by atoms with E-state index in [4.69, 9.17) is 27.5 Å². The van der Waals surface area contributed by atoms with Crippen molar-refractivity contribution in [2.45, 2.75) is 148 Å². The van der Waals surface area contributed by atoms with E-state index in [1.54, 1.807) is 0 Å². The molecule has 1 N–H and O–H groups in total. The third-order valence-electron chi connectivity index (χ3n) is 10.7. The summed E-state index contributed by atoms with van der Waals surface area (Å²) >= 11 is 0. The highest BCUT2D eigenvalue weighted by Crippen LogP contribution is 2.52. The van der Waals surface area contributed by atoms with Crippen LogP contribution >= 0.6 is 0 Å². The van der Waals surface area contributed by atoms with Gasteiger partial charge in [0, 0.05) is 12.5 Å². The van der Waals surface area contributed by atoms with Gasteiger partial charge in [-0.2, -0.15) is 0 Å². The lowest BCUT2D eigenvalue weighted by Gasteiger charge is -2.51. The SMILES string of the molecule is CCO[C@H]1O[C@H](CO[Si](C)(C)C(C)(C)C)[C@H](O[Si](C)(C)C(C)(C)C)[C@@H]2C(C(=O)OC)=C(O)[C@@H](O[Si](CC)(CC)CC)[C@H]12. The summed E-state index contributed by atoms with van der Waals surface area (Å²) in [5, 5.41) is 11.8. The Morgan fingerprint density at radius 2 is 1.40 bits per heavy atom. The zero-order valence-corrected chi connectivity index (χ0v) is 32.3. The molecule has 2 rings (SSSR count). The minimum atomic E-state index is -2.39. The maximum absolute atomic E-state index is 13.5. The van der Waals surface area contributed by atoms with E-state index in [1.165, 1.54) is 7.11 Å². The average Bonchev–Trinajstić information content (AvgIpc) is 3.17. The van der Waals surface area contributed by atoms with Gasteiger partial charge in [0.15, 0.2) is 31.2 Å². The Morgan fingerprint density at radius 1 is 0.881 bits per heavy atom. The van der Waals surface area contributed by atoms with Gasteiger partial charge in [0.25, 0.3) is 0 Å². The topological polar surface area (TPSA) is 92.7 Å². The average molecular weight is 647 g/mol. The summed E-state index contributed by atoms with van der Waals surface area (Å²) in [7, 11) is -5.39. The number of rotatable bonds is 13. The zero-order valence-electron chi connectivity index (χ0n) is 29.3. The fourth-order valence-corrected chi connectivity index (χ4v) is 10.7. The summed E-state index contributed by atoms with van der Waals surface area (Å²) < 4.78 is 39.2. The standard InChI is InChI=1S/C31H62O8Si3/c1-16-35-29-24-22(23(28(33)34-11)25(32)27(24)39-42(17-2,18-3)19-4)26(38-41(14,15)31(8,9)10)21(37-29)20-36-40(12,13)30(5,6)7/h21-22,24,26-27,29,32H,16-20H2,1-15H3/t21-,22-,24-,26+,27+,29+/m1/s1. The molecule has 8 nitrogen and oxygen atoms in total. The lowest BCUT2D eigenvalue weighted by Crippen LogP contribution is -2.61. The van der Waals surface area contributed by atoms with Crippen LogP contribution in [0.3, 0.4) is 0 Å². The highest BCUT2D eigenvalue weighted by Gasteiger charge is 2.61. The van der Waals surface area contributed by atoms with Crippen molar-refractivity contribution in [2.24, 2.45) is 11.8 Å². The van der Waals surface area contributed by atoms with Crippen molar-refractivity contribution in [3.8, 4) is 0 Å². The third kappa shape index (κ3) is 7.63. The molecule has 0 aromatic rings. The van der Waals surface area contributed by atoms with Crippen LogP contribution in [0.1, 0.15) is 69.2 Å². The molecule has 0 radical (unpaired) electrons. The Labute approximate surface area is 259 Å². The summed E-state index contributed by atoms with van der Waals surface area (Å²) in [6, 6.07) is 2.71. The molecule has 1 aliphatic carbocycles. The van der Waals surface area contributed by atoms with E-state index >= 15 is 0 Å². The van der Waals surface area contributed by atoms with Gasteiger partial charge in [0.2, 0.25) is 0 Å². The second-order valence-electron chi connectivity index (χ2n) is 15.1. The number of aliphatic hydroxyl groups is 1. The van der Waals surface area contributed by atoms with E-state index in [9.17, 15) is 9.90 Å². The first-order valence-corrected chi connectivity index (χ1v) is 24.3. The maximum Gasteiger partial charge on any atom is 0.337 e. The van der Waals surface area contributed by atoms with Crippen molar-refractivity contribution in [2.75, 3.05) is 20.3 Å². The molecule has 1 heterocycles. The molecule has 0 amide bonds. The summed E-state index contributed by atoms with van der Waals surface area (Å²) in [6.07, 6.45) is -2.51. The van der Waals surface area contributed by atoms with Crippen molar-refractivity contribution in [1.29, 1.82) is 0 Å². The van der Waals surface area contributed by atoms with Crippen LogP contribution in [-0.4, -0.2) is 81.0 Å². The van der Waals surface area contributed by atoms with Crippen LogP contribution in [-0.2, 0) is 32.3 Å². The highest BCUT2D eigenvalue weighted by atomic mass is 28.4. The lowest BCUT2D eigenvalue weighted by molar-refractivity contribution is -0.271. The summed E-state index contributed by atoms with van der Waals surface area (Å²) in [4.78, 5) is 13.5. The molecule has 0 bridgehead atoms. The predicted molar refractivity (Wildman–Crippen MR) is 176 cm³/mol. The van der Waals surface area contributed by atoms with Gasteiger partial charge < -0.3 is 32.6 Å². The first-order valence-electron chi connectivity index (χ1n) is 15.9. The van der Waals surface area contributed by atoms with Gasteiger partial charge in [0.1, 0.15) is 18.0 Å². The molecule has 246 valence electrons. The minimum absolute atomic E-state index is 0.00929. The van der Waals surface area contributed by atoms with Gasteiger partial charge >= 0.3 is 5.97 Å². The molecule has 0 saturated carbocycles. The van der Waals surface area contributed by atoms with Crippen molar-refractivity contribution in [3.63, 3.8) is 0 Å². The van der Waals surface area contributed by atoms with Gasteiger partial charge in [0.05, 0.1) is 31.3 Å². The van der Waals surface area contributed by atoms with E-state index in [0.29, 0.717) is 13.2 Å². The molecule has 0 spiro atoms. The number of carbonyl (C=O) groups is 1. The van der Waals surface area contributed by atoms with E-state index < -0.39 is 67.4 Å². The Hall–Kier alpha value is -0.539. The van der Waals surface area contributed by atoms with Gasteiger partial charge in [-0.05, 0) is 61.3 Å². The van der Waals surface area contributed by atoms with Crippen LogP contribution in [0.4, 0.5) is 0 Å². The lowest BCUT2D eigenvalue weighted by atomic mass is 9.80. The summed E-state index contributed by atoms with van der Waals surface area (Å²) in [5.41, 5.74) is 0.229. The fraction of sp³-hybridized carbons (Fsp3) is 0.903. The van der Waals surface area contributed by atoms with Crippen molar-refractivity contribution < 1.29 is 37.4 Å². The molecule has 11 heteroatoms. The largest absolute Gasteiger partial charge is 0.509 e. The Kier molecular flexibility index (Phi) is 12.4. The first-order chi connectivity index (χ1) is 19.2. The van der Waals surface area contributed by atoms with Gasteiger partial charge in [-0.3, -0.25) is 0 Å². The van der Waals surface area contributed by atoms with Gasteiger partial charge in [-0.1, -0.05) is 62.3 Å². The maximum atomic E-state index is 13.5. The van der Waals surface area contributed by atoms with Crippen LogP contribution in [0, 0.1) is 11.8 Å². The molecule has 0 aromatic heterocycles. The van der Waals surface area contributed by atoms with E-state index in [-0.39, 0.29) is 21.4 Å². The number of ether oxygens (including phenoxy) is 3.